The minimum atomic E-state index is -0.211. The lowest BCUT2D eigenvalue weighted by molar-refractivity contribution is -0.131. The van der Waals surface area contributed by atoms with Crippen molar-refractivity contribution >= 4 is 17.5 Å². The number of nitrogens with zero attached hydrogens (tertiary/aromatic N) is 1. The lowest BCUT2D eigenvalue weighted by Crippen LogP contribution is -2.60. The topological polar surface area (TPSA) is 49.4 Å². The van der Waals surface area contributed by atoms with E-state index in [1.54, 1.807) is 4.90 Å². The SMILES string of the molecule is Cc1ccc(N2CC(C(=O)NC34CC5CC(CC(C5)C3)C4)CC2=O)cc1. The highest BCUT2D eigenvalue weighted by Crippen LogP contribution is 2.55. The first kappa shape index (κ1) is 16.3. The molecular weight excluding hydrogens is 324 g/mol. The molecule has 0 spiro atoms. The standard InChI is InChI=1S/C22H28N2O2/c1-14-2-4-19(5-3-14)24-13-18(9-20(24)25)21(26)23-22-10-15-6-16(11-22)8-17(7-15)12-22/h2-5,15-18H,6-13H2,1H3,(H,23,26). The summed E-state index contributed by atoms with van der Waals surface area (Å²) in [5, 5.41) is 3.45. The average molecular weight is 352 g/mol. The van der Waals surface area contributed by atoms with Gasteiger partial charge < -0.3 is 10.2 Å². The van der Waals surface area contributed by atoms with Crippen molar-refractivity contribution in [3.8, 4) is 0 Å². The van der Waals surface area contributed by atoms with Crippen molar-refractivity contribution in [3.63, 3.8) is 0 Å². The van der Waals surface area contributed by atoms with Crippen LogP contribution in [0.25, 0.3) is 0 Å². The van der Waals surface area contributed by atoms with Gasteiger partial charge in [0, 0.05) is 24.2 Å². The molecule has 1 saturated heterocycles. The monoisotopic (exact) mass is 352 g/mol. The quantitative estimate of drug-likeness (QED) is 0.906. The van der Waals surface area contributed by atoms with Crippen LogP contribution in [0.5, 0.6) is 0 Å². The highest BCUT2D eigenvalue weighted by Gasteiger charge is 2.52. The summed E-state index contributed by atoms with van der Waals surface area (Å²) in [6.07, 6.45) is 7.94. The Hall–Kier alpha value is -1.84. The van der Waals surface area contributed by atoms with Crippen LogP contribution in [0.1, 0.15) is 50.5 Å². The van der Waals surface area contributed by atoms with E-state index >= 15 is 0 Å². The molecule has 0 aromatic heterocycles. The predicted molar refractivity (Wildman–Crippen MR) is 101 cm³/mol. The molecule has 1 aliphatic heterocycles. The summed E-state index contributed by atoms with van der Waals surface area (Å²) in [4.78, 5) is 27.3. The van der Waals surface area contributed by atoms with Crippen LogP contribution in [0, 0.1) is 30.6 Å². The zero-order chi connectivity index (χ0) is 17.9. The van der Waals surface area contributed by atoms with Crippen molar-refractivity contribution in [2.75, 3.05) is 11.4 Å². The van der Waals surface area contributed by atoms with Crippen LogP contribution in [0.2, 0.25) is 0 Å². The van der Waals surface area contributed by atoms with Gasteiger partial charge in [0.2, 0.25) is 11.8 Å². The maximum Gasteiger partial charge on any atom is 0.227 e. The Morgan fingerprint density at radius 1 is 1.04 bits per heavy atom. The van der Waals surface area contributed by atoms with Crippen molar-refractivity contribution in [1.29, 1.82) is 0 Å². The number of carbonyl (C=O) groups is 2. The third-order valence-corrected chi connectivity index (χ3v) is 7.27. The second-order valence-electron chi connectivity index (χ2n) is 9.43. The van der Waals surface area contributed by atoms with Gasteiger partial charge in [-0.2, -0.15) is 0 Å². The van der Waals surface area contributed by atoms with Gasteiger partial charge in [-0.3, -0.25) is 9.59 Å². The fourth-order valence-electron chi connectivity index (χ4n) is 6.48. The molecule has 4 aliphatic carbocycles. The first-order chi connectivity index (χ1) is 12.5. The summed E-state index contributed by atoms with van der Waals surface area (Å²) in [5.74, 6) is 2.41. The maximum absolute atomic E-state index is 13.0. The third-order valence-electron chi connectivity index (χ3n) is 7.27. The molecule has 5 aliphatic rings. The number of aryl methyl sites for hydroxylation is 1. The van der Waals surface area contributed by atoms with E-state index in [1.807, 2.05) is 31.2 Å². The van der Waals surface area contributed by atoms with Gasteiger partial charge >= 0.3 is 0 Å². The predicted octanol–water partition coefficient (Wildman–Crippen LogP) is 3.43. The van der Waals surface area contributed by atoms with Gasteiger partial charge in [0.15, 0.2) is 0 Å². The van der Waals surface area contributed by atoms with E-state index in [0.717, 1.165) is 42.7 Å². The van der Waals surface area contributed by atoms with Crippen LogP contribution in [0.3, 0.4) is 0 Å². The molecule has 5 fully saturated rings. The van der Waals surface area contributed by atoms with Gasteiger partial charge in [-0.1, -0.05) is 17.7 Å². The summed E-state index contributed by atoms with van der Waals surface area (Å²) in [6.45, 7) is 2.55. The highest BCUT2D eigenvalue weighted by atomic mass is 16.2. The van der Waals surface area contributed by atoms with Crippen molar-refractivity contribution < 1.29 is 9.59 Å². The van der Waals surface area contributed by atoms with E-state index < -0.39 is 0 Å². The lowest BCUT2D eigenvalue weighted by atomic mass is 9.53. The van der Waals surface area contributed by atoms with Crippen molar-refractivity contribution in [1.82, 2.24) is 5.32 Å². The molecule has 1 aromatic carbocycles. The highest BCUT2D eigenvalue weighted by molar-refractivity contribution is 6.00. The summed E-state index contributed by atoms with van der Waals surface area (Å²) in [5.41, 5.74) is 2.12. The number of amides is 2. The Morgan fingerprint density at radius 2 is 1.62 bits per heavy atom. The fraction of sp³-hybridized carbons (Fsp3) is 0.636. The van der Waals surface area contributed by atoms with Gasteiger partial charge in [0.25, 0.3) is 0 Å². The van der Waals surface area contributed by atoms with E-state index in [1.165, 1.54) is 24.8 Å². The van der Waals surface area contributed by atoms with E-state index in [-0.39, 0.29) is 23.3 Å². The van der Waals surface area contributed by atoms with Crippen LogP contribution in [0.4, 0.5) is 5.69 Å². The molecule has 26 heavy (non-hydrogen) atoms. The number of hydrogen-bond acceptors (Lipinski definition) is 2. The molecule has 1 heterocycles. The number of anilines is 1. The molecule has 4 heteroatoms. The summed E-state index contributed by atoms with van der Waals surface area (Å²) >= 11 is 0. The molecule has 1 unspecified atom stereocenters. The minimum Gasteiger partial charge on any atom is -0.350 e. The zero-order valence-electron chi connectivity index (χ0n) is 15.5. The number of hydrogen-bond donors (Lipinski definition) is 1. The van der Waals surface area contributed by atoms with E-state index in [0.29, 0.717) is 13.0 Å². The fourth-order valence-corrected chi connectivity index (χ4v) is 6.48. The normalized spacial score (nSPS) is 38.0. The first-order valence-corrected chi connectivity index (χ1v) is 10.2. The van der Waals surface area contributed by atoms with Gasteiger partial charge in [0.05, 0.1) is 5.92 Å². The van der Waals surface area contributed by atoms with E-state index in [4.69, 9.17) is 0 Å². The maximum atomic E-state index is 13.0. The molecular formula is C22H28N2O2. The van der Waals surface area contributed by atoms with Crippen LogP contribution in [-0.4, -0.2) is 23.9 Å². The summed E-state index contributed by atoms with van der Waals surface area (Å²) in [6, 6.07) is 8.00. The molecule has 1 N–H and O–H groups in total. The molecule has 4 nitrogen and oxygen atoms in total. The number of benzene rings is 1. The smallest absolute Gasteiger partial charge is 0.227 e. The van der Waals surface area contributed by atoms with Gasteiger partial charge in [-0.15, -0.1) is 0 Å². The Balaban J connectivity index is 1.28. The second-order valence-corrected chi connectivity index (χ2v) is 9.43. The summed E-state index contributed by atoms with van der Waals surface area (Å²) in [7, 11) is 0. The Morgan fingerprint density at radius 3 is 2.19 bits per heavy atom. The Labute approximate surface area is 155 Å². The average Bonchev–Trinajstić information content (AvgIpc) is 2.96. The van der Waals surface area contributed by atoms with Crippen LogP contribution in [-0.2, 0) is 9.59 Å². The second kappa shape index (κ2) is 5.83. The third kappa shape index (κ3) is 2.74. The van der Waals surface area contributed by atoms with Crippen molar-refractivity contribution in [3.05, 3.63) is 29.8 Å². The van der Waals surface area contributed by atoms with Gasteiger partial charge in [-0.05, 0) is 75.3 Å². The molecule has 6 rings (SSSR count). The molecule has 1 aromatic rings. The molecule has 4 bridgehead atoms. The van der Waals surface area contributed by atoms with Crippen molar-refractivity contribution in [2.24, 2.45) is 23.7 Å². The number of carbonyl (C=O) groups excluding carboxylic acids is 2. The van der Waals surface area contributed by atoms with Crippen molar-refractivity contribution in [2.45, 2.75) is 57.4 Å². The zero-order valence-corrected chi connectivity index (χ0v) is 15.5. The van der Waals surface area contributed by atoms with E-state index in [9.17, 15) is 9.59 Å². The Kier molecular flexibility index (Phi) is 3.67. The molecule has 1 atom stereocenters. The van der Waals surface area contributed by atoms with Gasteiger partial charge in [-0.25, -0.2) is 0 Å². The van der Waals surface area contributed by atoms with Crippen LogP contribution >= 0.6 is 0 Å². The summed E-state index contributed by atoms with van der Waals surface area (Å²) < 4.78 is 0. The lowest BCUT2D eigenvalue weighted by Gasteiger charge is -2.57. The minimum absolute atomic E-state index is 0.0339. The molecule has 4 saturated carbocycles. The molecule has 0 radical (unpaired) electrons. The number of rotatable bonds is 3. The van der Waals surface area contributed by atoms with Crippen LogP contribution in [0.15, 0.2) is 24.3 Å². The van der Waals surface area contributed by atoms with Crippen LogP contribution < -0.4 is 10.2 Å². The Bertz CT molecular complexity index is 704. The number of nitrogens with one attached hydrogen (secondary N) is 1. The van der Waals surface area contributed by atoms with Gasteiger partial charge in [0.1, 0.15) is 0 Å². The van der Waals surface area contributed by atoms with E-state index in [2.05, 4.69) is 5.32 Å². The largest absolute Gasteiger partial charge is 0.350 e. The molecule has 2 amide bonds. The molecule has 138 valence electrons. The first-order valence-electron chi connectivity index (χ1n) is 10.2.